The van der Waals surface area contributed by atoms with Gasteiger partial charge in [0.05, 0.1) is 5.75 Å². The van der Waals surface area contributed by atoms with Gasteiger partial charge < -0.3 is 4.90 Å². The van der Waals surface area contributed by atoms with Crippen LogP contribution >= 0.6 is 10.7 Å². The summed E-state index contributed by atoms with van der Waals surface area (Å²) in [5.41, 5.74) is 2.88. The van der Waals surface area contributed by atoms with Crippen LogP contribution in [0.5, 0.6) is 0 Å². The predicted octanol–water partition coefficient (Wildman–Crippen LogP) is 2.66. The number of aryl methyl sites for hydroxylation is 1. The molecule has 1 heterocycles. The second-order valence-corrected chi connectivity index (χ2v) is 7.29. The Hall–Kier alpha value is -0.740. The number of halogens is 1. The molecule has 0 bridgehead atoms. The highest BCUT2D eigenvalue weighted by Crippen LogP contribution is 2.27. The minimum Gasteiger partial charge on any atom is -0.371 e. The highest BCUT2D eigenvalue weighted by Gasteiger charge is 2.18. The number of hydrogen-bond donors (Lipinski definition) is 0. The maximum atomic E-state index is 11.2. The normalized spacial score (nSPS) is 16.5. The Labute approximate surface area is 107 Å². The van der Waals surface area contributed by atoms with E-state index >= 15 is 0 Å². The Morgan fingerprint density at radius 2 is 1.94 bits per heavy atom. The zero-order valence-corrected chi connectivity index (χ0v) is 11.4. The molecule has 0 radical (unpaired) electrons. The molecule has 17 heavy (non-hydrogen) atoms. The topological polar surface area (TPSA) is 37.4 Å². The monoisotopic (exact) mass is 273 g/mol. The molecule has 1 aromatic carbocycles. The molecule has 0 aromatic heterocycles. The fourth-order valence-electron chi connectivity index (χ4n) is 2.28. The summed E-state index contributed by atoms with van der Waals surface area (Å²) in [5.74, 6) is -0.0952. The van der Waals surface area contributed by atoms with E-state index in [1.165, 1.54) is 12.8 Å². The zero-order chi connectivity index (χ0) is 12.5. The van der Waals surface area contributed by atoms with Gasteiger partial charge in [-0.25, -0.2) is 8.42 Å². The number of anilines is 1. The molecule has 1 saturated heterocycles. The van der Waals surface area contributed by atoms with Crippen molar-refractivity contribution in [1.82, 2.24) is 0 Å². The third-order valence-electron chi connectivity index (χ3n) is 3.01. The Morgan fingerprint density at radius 1 is 1.29 bits per heavy atom. The lowest BCUT2D eigenvalue weighted by molar-refractivity contribution is 0.609. The van der Waals surface area contributed by atoms with Crippen LogP contribution in [-0.4, -0.2) is 21.5 Å². The molecule has 0 aliphatic carbocycles. The van der Waals surface area contributed by atoms with E-state index in [0.29, 0.717) is 0 Å². The fraction of sp³-hybridized carbons (Fsp3) is 0.500. The molecule has 3 nitrogen and oxygen atoms in total. The average molecular weight is 274 g/mol. The fourth-order valence-corrected chi connectivity index (χ4v) is 3.24. The third kappa shape index (κ3) is 3.36. The highest BCUT2D eigenvalue weighted by molar-refractivity contribution is 8.13. The Kier molecular flexibility index (Phi) is 3.64. The first-order valence-corrected chi connectivity index (χ1v) is 8.20. The summed E-state index contributed by atoms with van der Waals surface area (Å²) in [4.78, 5) is 2.23. The summed E-state index contributed by atoms with van der Waals surface area (Å²) < 4.78 is 22.5. The largest absolute Gasteiger partial charge is 0.371 e. The molecule has 1 aliphatic heterocycles. The van der Waals surface area contributed by atoms with E-state index in [0.717, 1.165) is 29.9 Å². The van der Waals surface area contributed by atoms with Gasteiger partial charge in [0.1, 0.15) is 0 Å². The molecular weight excluding hydrogens is 258 g/mol. The van der Waals surface area contributed by atoms with E-state index in [1.807, 2.05) is 25.1 Å². The van der Waals surface area contributed by atoms with E-state index in [9.17, 15) is 8.42 Å². The lowest BCUT2D eigenvalue weighted by Crippen LogP contribution is -2.19. The molecule has 0 amide bonds. The first kappa shape index (κ1) is 12.7. The maximum Gasteiger partial charge on any atom is 0.236 e. The molecule has 0 spiro atoms. The second-order valence-electron chi connectivity index (χ2n) is 4.51. The summed E-state index contributed by atoms with van der Waals surface area (Å²) in [7, 11) is 1.85. The van der Waals surface area contributed by atoms with Crippen LogP contribution in [0.4, 0.5) is 5.69 Å². The quantitative estimate of drug-likeness (QED) is 0.795. The van der Waals surface area contributed by atoms with Crippen molar-refractivity contribution in [3.63, 3.8) is 0 Å². The van der Waals surface area contributed by atoms with Crippen molar-refractivity contribution in [1.29, 1.82) is 0 Å². The Balaban J connectivity index is 2.36. The van der Waals surface area contributed by atoms with Crippen molar-refractivity contribution in [3.8, 4) is 0 Å². The average Bonchev–Trinajstić information content (AvgIpc) is 2.68. The number of hydrogen-bond acceptors (Lipinski definition) is 3. The lowest BCUT2D eigenvalue weighted by Gasteiger charge is -2.21. The van der Waals surface area contributed by atoms with Crippen molar-refractivity contribution < 1.29 is 8.42 Å². The molecular formula is C12H16ClNO2S. The summed E-state index contributed by atoms with van der Waals surface area (Å²) >= 11 is 0. The predicted molar refractivity (Wildman–Crippen MR) is 71.1 cm³/mol. The van der Waals surface area contributed by atoms with Crippen LogP contribution in [0.1, 0.15) is 24.0 Å². The Bertz CT molecular complexity index is 507. The van der Waals surface area contributed by atoms with Gasteiger partial charge in [-0.1, -0.05) is 17.7 Å². The first-order chi connectivity index (χ1) is 7.96. The number of nitrogens with zero attached hydrogens (tertiary/aromatic N) is 1. The molecule has 0 atom stereocenters. The van der Waals surface area contributed by atoms with E-state index in [4.69, 9.17) is 10.7 Å². The van der Waals surface area contributed by atoms with E-state index < -0.39 is 9.05 Å². The van der Waals surface area contributed by atoms with Crippen LogP contribution in [0.3, 0.4) is 0 Å². The number of rotatable bonds is 3. The smallest absolute Gasteiger partial charge is 0.236 e. The first-order valence-electron chi connectivity index (χ1n) is 5.72. The van der Waals surface area contributed by atoms with Gasteiger partial charge in [0.15, 0.2) is 0 Å². The van der Waals surface area contributed by atoms with E-state index in [-0.39, 0.29) is 5.75 Å². The second kappa shape index (κ2) is 4.86. The van der Waals surface area contributed by atoms with Crippen LogP contribution in [-0.2, 0) is 14.8 Å². The van der Waals surface area contributed by atoms with Gasteiger partial charge in [0.2, 0.25) is 9.05 Å². The molecule has 2 rings (SSSR count). The summed E-state index contributed by atoms with van der Waals surface area (Å²) in [6.45, 7) is 3.95. The zero-order valence-electron chi connectivity index (χ0n) is 9.82. The summed E-state index contributed by atoms with van der Waals surface area (Å²) in [6, 6.07) is 5.92. The van der Waals surface area contributed by atoms with Gasteiger partial charge in [-0.3, -0.25) is 0 Å². The minimum absolute atomic E-state index is 0.0952. The molecule has 5 heteroatoms. The van der Waals surface area contributed by atoms with Gasteiger partial charge >= 0.3 is 0 Å². The van der Waals surface area contributed by atoms with Gasteiger partial charge in [-0.15, -0.1) is 0 Å². The van der Waals surface area contributed by atoms with Gasteiger partial charge in [-0.2, -0.15) is 0 Å². The standard InChI is InChI=1S/C12H16ClNO2S/c1-10-4-5-12(14-6-2-3-7-14)11(8-10)9-17(13,15)16/h4-5,8H,2-3,6-7,9H2,1H3. The number of benzene rings is 1. The molecule has 0 N–H and O–H groups in total. The van der Waals surface area contributed by atoms with Crippen molar-refractivity contribution in [2.45, 2.75) is 25.5 Å². The third-order valence-corrected chi connectivity index (χ3v) is 3.99. The van der Waals surface area contributed by atoms with Gasteiger partial charge in [0, 0.05) is 29.5 Å². The Morgan fingerprint density at radius 3 is 2.53 bits per heavy atom. The van der Waals surface area contributed by atoms with E-state index in [2.05, 4.69) is 4.90 Å². The van der Waals surface area contributed by atoms with Gasteiger partial charge in [-0.05, 0) is 31.4 Å². The van der Waals surface area contributed by atoms with Crippen molar-refractivity contribution in [2.24, 2.45) is 0 Å². The summed E-state index contributed by atoms with van der Waals surface area (Å²) in [5, 5.41) is 0. The minimum atomic E-state index is -3.50. The van der Waals surface area contributed by atoms with Crippen molar-refractivity contribution >= 4 is 25.4 Å². The van der Waals surface area contributed by atoms with Crippen LogP contribution in [0, 0.1) is 6.92 Å². The SMILES string of the molecule is Cc1ccc(N2CCCC2)c(CS(=O)(=O)Cl)c1. The highest BCUT2D eigenvalue weighted by atomic mass is 35.7. The van der Waals surface area contributed by atoms with Crippen LogP contribution < -0.4 is 4.90 Å². The molecule has 1 aliphatic rings. The van der Waals surface area contributed by atoms with Crippen LogP contribution in [0.15, 0.2) is 18.2 Å². The van der Waals surface area contributed by atoms with Crippen molar-refractivity contribution in [2.75, 3.05) is 18.0 Å². The maximum absolute atomic E-state index is 11.2. The molecule has 1 fully saturated rings. The van der Waals surface area contributed by atoms with Crippen LogP contribution in [0.25, 0.3) is 0 Å². The van der Waals surface area contributed by atoms with Crippen molar-refractivity contribution in [3.05, 3.63) is 29.3 Å². The lowest BCUT2D eigenvalue weighted by atomic mass is 10.1. The van der Waals surface area contributed by atoms with E-state index in [1.54, 1.807) is 0 Å². The molecule has 1 aromatic rings. The molecule has 0 unspecified atom stereocenters. The summed E-state index contributed by atoms with van der Waals surface area (Å²) in [6.07, 6.45) is 2.34. The molecule has 94 valence electrons. The van der Waals surface area contributed by atoms with Crippen LogP contribution in [0.2, 0.25) is 0 Å². The van der Waals surface area contributed by atoms with Gasteiger partial charge in [0.25, 0.3) is 0 Å². The molecule has 0 saturated carbocycles.